The van der Waals surface area contributed by atoms with Crippen molar-refractivity contribution in [1.29, 1.82) is 0 Å². The third-order valence-corrected chi connectivity index (χ3v) is 2.50. The van der Waals surface area contributed by atoms with Gasteiger partial charge in [0.1, 0.15) is 0 Å². The van der Waals surface area contributed by atoms with Crippen molar-refractivity contribution < 1.29 is 5.11 Å². The summed E-state index contributed by atoms with van der Waals surface area (Å²) in [5.74, 6) is 0. The van der Waals surface area contributed by atoms with Gasteiger partial charge < -0.3 is 15.8 Å². The van der Waals surface area contributed by atoms with E-state index in [4.69, 9.17) is 5.73 Å². The SMILES string of the molecule is C[C@H](O)[C@@H](N)c1cccc2cc[nH]c12. The lowest BCUT2D eigenvalue weighted by molar-refractivity contribution is 0.165. The molecule has 1 heterocycles. The summed E-state index contributed by atoms with van der Waals surface area (Å²) in [6.45, 7) is 1.70. The first-order valence-corrected chi connectivity index (χ1v) is 4.70. The fourth-order valence-electron chi connectivity index (χ4n) is 1.65. The predicted octanol–water partition coefficient (Wildman–Crippen LogP) is 1.55. The molecule has 0 saturated heterocycles. The van der Waals surface area contributed by atoms with Crippen molar-refractivity contribution in [3.63, 3.8) is 0 Å². The van der Waals surface area contributed by atoms with Gasteiger partial charge in [0.25, 0.3) is 0 Å². The quantitative estimate of drug-likeness (QED) is 0.672. The van der Waals surface area contributed by atoms with E-state index < -0.39 is 6.10 Å². The molecule has 0 saturated carbocycles. The van der Waals surface area contributed by atoms with E-state index in [9.17, 15) is 5.11 Å². The van der Waals surface area contributed by atoms with Crippen LogP contribution in [-0.2, 0) is 0 Å². The van der Waals surface area contributed by atoms with Gasteiger partial charge in [-0.3, -0.25) is 0 Å². The molecule has 0 aliphatic heterocycles. The Labute approximate surface area is 82.6 Å². The number of aliphatic hydroxyl groups is 1. The van der Waals surface area contributed by atoms with Crippen LogP contribution in [0.5, 0.6) is 0 Å². The summed E-state index contributed by atoms with van der Waals surface area (Å²) >= 11 is 0. The Morgan fingerprint density at radius 1 is 1.36 bits per heavy atom. The molecule has 14 heavy (non-hydrogen) atoms. The zero-order valence-corrected chi connectivity index (χ0v) is 8.07. The molecule has 0 bridgehead atoms. The largest absolute Gasteiger partial charge is 0.391 e. The summed E-state index contributed by atoms with van der Waals surface area (Å²) in [4.78, 5) is 3.13. The summed E-state index contributed by atoms with van der Waals surface area (Å²) in [5.41, 5.74) is 7.87. The van der Waals surface area contributed by atoms with E-state index in [0.717, 1.165) is 16.5 Å². The lowest BCUT2D eigenvalue weighted by atomic mass is 10.0. The summed E-state index contributed by atoms with van der Waals surface area (Å²) in [7, 11) is 0. The molecule has 4 N–H and O–H groups in total. The number of hydrogen-bond acceptors (Lipinski definition) is 2. The molecular formula is C11H14N2O. The zero-order valence-electron chi connectivity index (χ0n) is 8.07. The smallest absolute Gasteiger partial charge is 0.0705 e. The van der Waals surface area contributed by atoms with Gasteiger partial charge in [-0.05, 0) is 23.9 Å². The fourth-order valence-corrected chi connectivity index (χ4v) is 1.65. The van der Waals surface area contributed by atoms with E-state index in [1.54, 1.807) is 6.92 Å². The van der Waals surface area contributed by atoms with Crippen LogP contribution in [0.15, 0.2) is 30.5 Å². The molecule has 2 atom stereocenters. The van der Waals surface area contributed by atoms with Gasteiger partial charge in [-0.1, -0.05) is 18.2 Å². The number of aliphatic hydroxyl groups excluding tert-OH is 1. The van der Waals surface area contributed by atoms with Crippen LogP contribution in [0.3, 0.4) is 0 Å². The number of aromatic amines is 1. The van der Waals surface area contributed by atoms with Gasteiger partial charge >= 0.3 is 0 Å². The minimum absolute atomic E-state index is 0.336. The monoisotopic (exact) mass is 190 g/mol. The molecule has 2 rings (SSSR count). The number of para-hydroxylation sites is 1. The van der Waals surface area contributed by atoms with Crippen LogP contribution in [-0.4, -0.2) is 16.2 Å². The Bertz CT molecular complexity index is 434. The van der Waals surface area contributed by atoms with Crippen molar-refractivity contribution in [1.82, 2.24) is 4.98 Å². The Balaban J connectivity index is 2.56. The molecule has 0 amide bonds. The van der Waals surface area contributed by atoms with Crippen LogP contribution >= 0.6 is 0 Å². The highest BCUT2D eigenvalue weighted by Crippen LogP contribution is 2.23. The van der Waals surface area contributed by atoms with Crippen molar-refractivity contribution in [3.05, 3.63) is 36.0 Å². The number of hydrogen-bond donors (Lipinski definition) is 3. The van der Waals surface area contributed by atoms with Crippen molar-refractivity contribution in [2.45, 2.75) is 19.1 Å². The first-order valence-electron chi connectivity index (χ1n) is 4.70. The molecule has 0 aliphatic carbocycles. The van der Waals surface area contributed by atoms with Crippen LogP contribution in [0.1, 0.15) is 18.5 Å². The van der Waals surface area contributed by atoms with Gasteiger partial charge in [-0.15, -0.1) is 0 Å². The number of aromatic nitrogens is 1. The van der Waals surface area contributed by atoms with E-state index in [-0.39, 0.29) is 6.04 Å². The number of fused-ring (bicyclic) bond motifs is 1. The second-order valence-electron chi connectivity index (χ2n) is 3.56. The summed E-state index contributed by atoms with van der Waals surface area (Å²) in [6, 6.07) is 7.57. The number of nitrogens with one attached hydrogen (secondary N) is 1. The molecule has 0 radical (unpaired) electrons. The molecule has 74 valence electrons. The standard InChI is InChI=1S/C11H14N2O/c1-7(14)10(12)9-4-2-3-8-5-6-13-11(8)9/h2-7,10,13-14H,12H2,1H3/t7-,10+/m0/s1. The number of rotatable bonds is 2. The van der Waals surface area contributed by atoms with Crippen molar-refractivity contribution in [3.8, 4) is 0 Å². The van der Waals surface area contributed by atoms with Crippen molar-refractivity contribution in [2.75, 3.05) is 0 Å². The molecule has 1 aromatic heterocycles. The molecule has 0 unspecified atom stereocenters. The minimum atomic E-state index is -0.538. The fraction of sp³-hybridized carbons (Fsp3) is 0.273. The van der Waals surface area contributed by atoms with Gasteiger partial charge in [0.05, 0.1) is 17.7 Å². The van der Waals surface area contributed by atoms with Crippen LogP contribution in [0, 0.1) is 0 Å². The third kappa shape index (κ3) is 1.41. The highest BCUT2D eigenvalue weighted by atomic mass is 16.3. The van der Waals surface area contributed by atoms with E-state index in [1.165, 1.54) is 0 Å². The number of benzene rings is 1. The highest BCUT2D eigenvalue weighted by Gasteiger charge is 2.14. The molecule has 3 nitrogen and oxygen atoms in total. The summed E-state index contributed by atoms with van der Waals surface area (Å²) < 4.78 is 0. The molecule has 1 aromatic carbocycles. The average Bonchev–Trinajstić information content (AvgIpc) is 2.63. The maximum Gasteiger partial charge on any atom is 0.0705 e. The van der Waals surface area contributed by atoms with Gasteiger partial charge in [-0.2, -0.15) is 0 Å². The third-order valence-electron chi connectivity index (χ3n) is 2.50. The first-order chi connectivity index (χ1) is 6.70. The highest BCUT2D eigenvalue weighted by molar-refractivity contribution is 5.82. The predicted molar refractivity (Wildman–Crippen MR) is 56.9 cm³/mol. The maximum atomic E-state index is 9.43. The molecular weight excluding hydrogens is 176 g/mol. The van der Waals surface area contributed by atoms with Crippen LogP contribution in [0.4, 0.5) is 0 Å². The Morgan fingerprint density at radius 2 is 2.14 bits per heavy atom. The lowest BCUT2D eigenvalue weighted by Gasteiger charge is -2.15. The second-order valence-corrected chi connectivity index (χ2v) is 3.56. The van der Waals surface area contributed by atoms with E-state index in [1.807, 2.05) is 30.5 Å². The molecule has 0 aliphatic rings. The molecule has 0 fully saturated rings. The van der Waals surface area contributed by atoms with Gasteiger partial charge in [-0.25, -0.2) is 0 Å². The maximum absolute atomic E-state index is 9.43. The minimum Gasteiger partial charge on any atom is -0.391 e. The Kier molecular flexibility index (Phi) is 2.27. The Hall–Kier alpha value is -1.32. The van der Waals surface area contributed by atoms with Crippen molar-refractivity contribution in [2.24, 2.45) is 5.73 Å². The molecule has 2 aromatic rings. The number of H-pyrrole nitrogens is 1. The summed E-state index contributed by atoms with van der Waals surface area (Å²) in [5, 5.41) is 10.6. The van der Waals surface area contributed by atoms with Crippen LogP contribution in [0.25, 0.3) is 10.9 Å². The topological polar surface area (TPSA) is 62.0 Å². The van der Waals surface area contributed by atoms with Gasteiger partial charge in [0, 0.05) is 6.20 Å². The molecule has 3 heteroatoms. The van der Waals surface area contributed by atoms with Crippen molar-refractivity contribution >= 4 is 10.9 Å². The van der Waals surface area contributed by atoms with E-state index in [2.05, 4.69) is 4.98 Å². The van der Waals surface area contributed by atoms with Crippen LogP contribution in [0.2, 0.25) is 0 Å². The van der Waals surface area contributed by atoms with Gasteiger partial charge in [0.15, 0.2) is 0 Å². The van der Waals surface area contributed by atoms with Crippen LogP contribution < -0.4 is 5.73 Å². The van der Waals surface area contributed by atoms with E-state index >= 15 is 0 Å². The first kappa shape index (κ1) is 9.24. The Morgan fingerprint density at radius 3 is 2.86 bits per heavy atom. The normalized spacial score (nSPS) is 15.6. The zero-order chi connectivity index (χ0) is 10.1. The number of nitrogens with two attached hydrogens (primary N) is 1. The lowest BCUT2D eigenvalue weighted by Crippen LogP contribution is -2.23. The molecule has 0 spiro atoms. The second kappa shape index (κ2) is 3.44. The van der Waals surface area contributed by atoms with E-state index in [0.29, 0.717) is 0 Å². The van der Waals surface area contributed by atoms with Gasteiger partial charge in [0.2, 0.25) is 0 Å². The average molecular weight is 190 g/mol. The summed E-state index contributed by atoms with van der Waals surface area (Å²) in [6.07, 6.45) is 1.34.